The van der Waals surface area contributed by atoms with Crippen LogP contribution in [0.5, 0.6) is 0 Å². The summed E-state index contributed by atoms with van der Waals surface area (Å²) in [5.74, 6) is -0.0112. The van der Waals surface area contributed by atoms with Gasteiger partial charge in [0.1, 0.15) is 0 Å². The Labute approximate surface area is 117 Å². The SMILES string of the molecule is CCC(C)NCC(=O)Nc1c(C)cc(C)cc1Br. The van der Waals surface area contributed by atoms with Crippen LogP contribution >= 0.6 is 15.9 Å². The van der Waals surface area contributed by atoms with Gasteiger partial charge in [-0.05, 0) is 60.3 Å². The highest BCUT2D eigenvalue weighted by Crippen LogP contribution is 2.27. The quantitative estimate of drug-likeness (QED) is 0.875. The monoisotopic (exact) mass is 312 g/mol. The van der Waals surface area contributed by atoms with Gasteiger partial charge in [-0.2, -0.15) is 0 Å². The molecule has 1 aromatic rings. The number of anilines is 1. The summed E-state index contributed by atoms with van der Waals surface area (Å²) >= 11 is 3.49. The first-order valence-corrected chi connectivity index (χ1v) is 7.03. The van der Waals surface area contributed by atoms with Crippen molar-refractivity contribution in [2.75, 3.05) is 11.9 Å². The Balaban J connectivity index is 2.65. The Bertz CT molecular complexity index is 409. The number of carbonyl (C=O) groups excluding carboxylic acids is 1. The molecule has 0 aliphatic rings. The third-order valence-corrected chi connectivity index (χ3v) is 3.55. The normalized spacial score (nSPS) is 12.3. The minimum absolute atomic E-state index is 0.0112. The molecular weight excluding hydrogens is 292 g/mol. The van der Waals surface area contributed by atoms with Crippen LogP contribution in [0.4, 0.5) is 5.69 Å². The van der Waals surface area contributed by atoms with Crippen LogP contribution in [-0.4, -0.2) is 18.5 Å². The summed E-state index contributed by atoms with van der Waals surface area (Å²) in [7, 11) is 0. The van der Waals surface area contributed by atoms with E-state index in [1.54, 1.807) is 0 Å². The minimum Gasteiger partial charge on any atom is -0.324 e. The first kappa shape index (κ1) is 15.2. The van der Waals surface area contributed by atoms with Gasteiger partial charge in [-0.25, -0.2) is 0 Å². The van der Waals surface area contributed by atoms with Crippen LogP contribution in [-0.2, 0) is 4.79 Å². The number of rotatable bonds is 5. The zero-order valence-electron chi connectivity index (χ0n) is 11.4. The predicted octanol–water partition coefficient (Wildman–Crippen LogP) is 3.39. The highest BCUT2D eigenvalue weighted by molar-refractivity contribution is 9.10. The topological polar surface area (TPSA) is 41.1 Å². The Morgan fingerprint density at radius 2 is 2.06 bits per heavy atom. The van der Waals surface area contributed by atoms with Gasteiger partial charge in [0.05, 0.1) is 12.2 Å². The van der Waals surface area contributed by atoms with Crippen molar-refractivity contribution in [2.45, 2.75) is 40.2 Å². The lowest BCUT2D eigenvalue weighted by molar-refractivity contribution is -0.115. The molecule has 3 nitrogen and oxygen atoms in total. The first-order valence-electron chi connectivity index (χ1n) is 6.24. The molecule has 0 saturated carbocycles. The van der Waals surface area contributed by atoms with Crippen molar-refractivity contribution in [3.63, 3.8) is 0 Å². The van der Waals surface area contributed by atoms with Gasteiger partial charge < -0.3 is 10.6 Å². The van der Waals surface area contributed by atoms with Gasteiger partial charge in [-0.15, -0.1) is 0 Å². The number of benzene rings is 1. The number of hydrogen-bond donors (Lipinski definition) is 2. The second-order valence-electron chi connectivity index (χ2n) is 4.68. The summed E-state index contributed by atoms with van der Waals surface area (Å²) in [6.45, 7) is 8.54. The van der Waals surface area contributed by atoms with E-state index in [4.69, 9.17) is 0 Å². The van der Waals surface area contributed by atoms with Gasteiger partial charge in [-0.3, -0.25) is 4.79 Å². The van der Waals surface area contributed by atoms with Crippen molar-refractivity contribution in [3.8, 4) is 0 Å². The van der Waals surface area contributed by atoms with Crippen LogP contribution in [0, 0.1) is 13.8 Å². The second kappa shape index (κ2) is 6.90. The lowest BCUT2D eigenvalue weighted by Gasteiger charge is -2.14. The number of nitrogens with one attached hydrogen (secondary N) is 2. The van der Waals surface area contributed by atoms with E-state index in [0.29, 0.717) is 12.6 Å². The van der Waals surface area contributed by atoms with Crippen LogP contribution in [0.25, 0.3) is 0 Å². The lowest BCUT2D eigenvalue weighted by atomic mass is 10.1. The zero-order valence-corrected chi connectivity index (χ0v) is 13.0. The molecule has 1 atom stereocenters. The van der Waals surface area contributed by atoms with Gasteiger partial charge >= 0.3 is 0 Å². The van der Waals surface area contributed by atoms with Gasteiger partial charge in [0.25, 0.3) is 0 Å². The standard InChI is InChI=1S/C14H21BrN2O/c1-5-11(4)16-8-13(18)17-14-10(3)6-9(2)7-12(14)15/h6-7,11,16H,5,8H2,1-4H3,(H,17,18). The molecule has 0 heterocycles. The maximum absolute atomic E-state index is 11.8. The molecule has 1 unspecified atom stereocenters. The average Bonchev–Trinajstić information content (AvgIpc) is 2.30. The molecule has 0 aliphatic heterocycles. The molecule has 100 valence electrons. The molecule has 1 amide bonds. The van der Waals surface area contributed by atoms with E-state index >= 15 is 0 Å². The summed E-state index contributed by atoms with van der Waals surface area (Å²) in [4.78, 5) is 11.8. The van der Waals surface area contributed by atoms with E-state index in [9.17, 15) is 4.79 Å². The fourth-order valence-electron chi connectivity index (χ4n) is 1.67. The number of aryl methyl sites for hydroxylation is 2. The Kier molecular flexibility index (Phi) is 5.82. The third kappa shape index (κ3) is 4.42. The highest BCUT2D eigenvalue weighted by atomic mass is 79.9. The van der Waals surface area contributed by atoms with Crippen molar-refractivity contribution in [2.24, 2.45) is 0 Å². The van der Waals surface area contributed by atoms with Crippen molar-refractivity contribution in [3.05, 3.63) is 27.7 Å². The molecule has 0 aromatic heterocycles. The van der Waals surface area contributed by atoms with E-state index in [1.165, 1.54) is 5.56 Å². The van der Waals surface area contributed by atoms with Crippen molar-refractivity contribution in [1.29, 1.82) is 0 Å². The van der Waals surface area contributed by atoms with Crippen LogP contribution in [0.15, 0.2) is 16.6 Å². The molecular formula is C14H21BrN2O. The number of halogens is 1. The molecule has 0 saturated heterocycles. The maximum atomic E-state index is 11.8. The van der Waals surface area contributed by atoms with E-state index in [1.807, 2.05) is 19.9 Å². The van der Waals surface area contributed by atoms with Crippen LogP contribution < -0.4 is 10.6 Å². The van der Waals surface area contributed by atoms with Crippen LogP contribution in [0.1, 0.15) is 31.4 Å². The van der Waals surface area contributed by atoms with Gasteiger partial charge in [-0.1, -0.05) is 13.0 Å². The third-order valence-electron chi connectivity index (χ3n) is 2.92. The summed E-state index contributed by atoms with van der Waals surface area (Å²) in [5.41, 5.74) is 3.10. The molecule has 0 bridgehead atoms. The van der Waals surface area contributed by atoms with Crippen molar-refractivity contribution in [1.82, 2.24) is 5.32 Å². The summed E-state index contributed by atoms with van der Waals surface area (Å²) in [6.07, 6.45) is 1.01. The highest BCUT2D eigenvalue weighted by Gasteiger charge is 2.09. The molecule has 1 rings (SSSR count). The van der Waals surface area contributed by atoms with Gasteiger partial charge in [0.2, 0.25) is 5.91 Å². The molecule has 0 fully saturated rings. The average molecular weight is 313 g/mol. The lowest BCUT2D eigenvalue weighted by Crippen LogP contribution is -2.34. The zero-order chi connectivity index (χ0) is 13.7. The molecule has 2 N–H and O–H groups in total. The molecule has 0 radical (unpaired) electrons. The number of amides is 1. The van der Waals surface area contributed by atoms with Crippen LogP contribution in [0.3, 0.4) is 0 Å². The van der Waals surface area contributed by atoms with E-state index in [-0.39, 0.29) is 5.91 Å². The summed E-state index contributed by atoms with van der Waals surface area (Å²) in [5, 5.41) is 6.11. The smallest absolute Gasteiger partial charge is 0.238 e. The van der Waals surface area contributed by atoms with Crippen molar-refractivity contribution >= 4 is 27.5 Å². The van der Waals surface area contributed by atoms with E-state index < -0.39 is 0 Å². The minimum atomic E-state index is -0.0112. The summed E-state index contributed by atoms with van der Waals surface area (Å²) in [6, 6.07) is 4.42. The summed E-state index contributed by atoms with van der Waals surface area (Å²) < 4.78 is 0.928. The Hall–Kier alpha value is -0.870. The molecule has 0 aliphatic carbocycles. The number of hydrogen-bond acceptors (Lipinski definition) is 2. The van der Waals surface area contributed by atoms with Gasteiger partial charge in [0, 0.05) is 10.5 Å². The molecule has 4 heteroatoms. The number of carbonyl (C=O) groups is 1. The van der Waals surface area contributed by atoms with Crippen LogP contribution in [0.2, 0.25) is 0 Å². The largest absolute Gasteiger partial charge is 0.324 e. The molecule has 1 aromatic carbocycles. The maximum Gasteiger partial charge on any atom is 0.238 e. The second-order valence-corrected chi connectivity index (χ2v) is 5.53. The van der Waals surface area contributed by atoms with E-state index in [2.05, 4.69) is 46.5 Å². The molecule has 18 heavy (non-hydrogen) atoms. The molecule has 0 spiro atoms. The fourth-order valence-corrected chi connectivity index (χ4v) is 2.44. The van der Waals surface area contributed by atoms with Crippen molar-refractivity contribution < 1.29 is 4.79 Å². The first-order chi connectivity index (χ1) is 8.43. The Morgan fingerprint density at radius 1 is 1.39 bits per heavy atom. The van der Waals surface area contributed by atoms with E-state index in [0.717, 1.165) is 22.1 Å². The fraction of sp³-hybridized carbons (Fsp3) is 0.500. The van der Waals surface area contributed by atoms with Gasteiger partial charge in [0.15, 0.2) is 0 Å². The predicted molar refractivity (Wildman–Crippen MR) is 80.0 cm³/mol. The Morgan fingerprint density at radius 3 is 2.61 bits per heavy atom.